The standard InChI is InChI=1S/C35H47N5O2/c1-24-12-14-28(15-13-24)40-30(23-29(39-40)34(2,3)4)38-33(42)37-27-11-9-10-26(22-27)31(25-16-20-36-21-17-25)32(41)35(5)18-7-6-8-19-35/h9-15,22-23,25,31,36H,6-8,16-21H2,1-5H3,(H2,37,38,42). The third kappa shape index (κ3) is 6.78. The van der Waals surface area contributed by atoms with Gasteiger partial charge in [0, 0.05) is 28.5 Å². The topological polar surface area (TPSA) is 88.1 Å². The first kappa shape index (κ1) is 30.0. The highest BCUT2D eigenvalue weighted by Crippen LogP contribution is 2.44. The summed E-state index contributed by atoms with van der Waals surface area (Å²) in [7, 11) is 0. The lowest BCUT2D eigenvalue weighted by atomic mass is 9.64. The molecule has 7 nitrogen and oxygen atoms in total. The number of nitrogens with zero attached hydrogens (tertiary/aromatic N) is 2. The molecule has 224 valence electrons. The average Bonchev–Trinajstić information content (AvgIpc) is 3.39. The molecular formula is C35H47N5O2. The van der Waals surface area contributed by atoms with E-state index in [9.17, 15) is 9.59 Å². The van der Waals surface area contributed by atoms with Crippen LogP contribution in [0, 0.1) is 18.3 Å². The second-order valence-corrected chi connectivity index (χ2v) is 13.7. The number of anilines is 2. The van der Waals surface area contributed by atoms with Gasteiger partial charge >= 0.3 is 6.03 Å². The molecule has 2 aliphatic rings. The van der Waals surface area contributed by atoms with Gasteiger partial charge < -0.3 is 10.6 Å². The Hall–Kier alpha value is -3.45. The normalized spacial score (nSPS) is 18.3. The number of carbonyl (C=O) groups is 2. The zero-order chi connectivity index (χ0) is 29.9. The molecular weight excluding hydrogens is 522 g/mol. The summed E-state index contributed by atoms with van der Waals surface area (Å²) in [5, 5.41) is 14.4. The van der Waals surface area contributed by atoms with Gasteiger partial charge in [-0.25, -0.2) is 9.48 Å². The van der Waals surface area contributed by atoms with Crippen LogP contribution in [0.25, 0.3) is 5.69 Å². The number of aromatic nitrogens is 2. The van der Waals surface area contributed by atoms with E-state index in [1.165, 1.54) is 6.42 Å². The smallest absolute Gasteiger partial charge is 0.317 e. The van der Waals surface area contributed by atoms with Gasteiger partial charge in [0.25, 0.3) is 0 Å². The van der Waals surface area contributed by atoms with Gasteiger partial charge in [-0.15, -0.1) is 0 Å². The number of rotatable bonds is 7. The fourth-order valence-corrected chi connectivity index (χ4v) is 6.58. The molecule has 7 heteroatoms. The summed E-state index contributed by atoms with van der Waals surface area (Å²) in [6.45, 7) is 12.4. The van der Waals surface area contributed by atoms with Gasteiger partial charge in [0.05, 0.1) is 11.4 Å². The number of piperidine rings is 1. The van der Waals surface area contributed by atoms with Crippen molar-refractivity contribution < 1.29 is 9.59 Å². The Labute approximate surface area is 250 Å². The molecule has 5 rings (SSSR count). The number of carbonyl (C=O) groups excluding carboxylic acids is 2. The molecule has 1 saturated heterocycles. The van der Waals surface area contributed by atoms with Crippen LogP contribution in [0.3, 0.4) is 0 Å². The van der Waals surface area contributed by atoms with Gasteiger partial charge in [0.1, 0.15) is 11.6 Å². The second kappa shape index (κ2) is 12.4. The quantitative estimate of drug-likeness (QED) is 0.272. The van der Waals surface area contributed by atoms with Crippen LogP contribution < -0.4 is 16.0 Å². The van der Waals surface area contributed by atoms with Crippen molar-refractivity contribution in [3.05, 3.63) is 71.4 Å². The Kier molecular flexibility index (Phi) is 8.88. The first-order chi connectivity index (χ1) is 20.0. The minimum Gasteiger partial charge on any atom is -0.317 e. The zero-order valence-corrected chi connectivity index (χ0v) is 25.9. The summed E-state index contributed by atoms with van der Waals surface area (Å²) in [4.78, 5) is 27.6. The van der Waals surface area contributed by atoms with Gasteiger partial charge in [0.15, 0.2) is 0 Å². The second-order valence-electron chi connectivity index (χ2n) is 13.7. The molecule has 1 aliphatic heterocycles. The maximum atomic E-state index is 14.2. The average molecular weight is 570 g/mol. The fourth-order valence-electron chi connectivity index (χ4n) is 6.58. The maximum Gasteiger partial charge on any atom is 0.324 e. The van der Waals surface area contributed by atoms with E-state index < -0.39 is 0 Å². The van der Waals surface area contributed by atoms with Gasteiger partial charge in [-0.05, 0) is 81.4 Å². The molecule has 1 saturated carbocycles. The molecule has 1 unspecified atom stereocenters. The lowest BCUT2D eigenvalue weighted by Gasteiger charge is -2.39. The molecule has 0 radical (unpaired) electrons. The minimum absolute atomic E-state index is 0.155. The number of amides is 2. The van der Waals surface area contributed by atoms with Crippen molar-refractivity contribution in [1.82, 2.24) is 15.1 Å². The van der Waals surface area contributed by atoms with E-state index in [2.05, 4.69) is 49.7 Å². The molecule has 3 N–H and O–H groups in total. The lowest BCUT2D eigenvalue weighted by molar-refractivity contribution is -0.132. The summed E-state index contributed by atoms with van der Waals surface area (Å²) in [5.74, 6) is 1.14. The summed E-state index contributed by atoms with van der Waals surface area (Å²) < 4.78 is 1.78. The first-order valence-electron chi connectivity index (χ1n) is 15.6. The largest absolute Gasteiger partial charge is 0.324 e. The van der Waals surface area contributed by atoms with Gasteiger partial charge in [-0.1, -0.05) is 76.8 Å². The molecule has 2 aromatic carbocycles. The molecule has 1 atom stereocenters. The van der Waals surface area contributed by atoms with Crippen molar-refractivity contribution in [3.63, 3.8) is 0 Å². The number of nitrogens with one attached hydrogen (secondary N) is 3. The summed E-state index contributed by atoms with van der Waals surface area (Å²) in [6, 6.07) is 17.6. The van der Waals surface area contributed by atoms with Crippen molar-refractivity contribution in [2.24, 2.45) is 11.3 Å². The van der Waals surface area contributed by atoms with Crippen molar-refractivity contribution in [2.75, 3.05) is 23.7 Å². The van der Waals surface area contributed by atoms with Crippen LogP contribution in [-0.4, -0.2) is 34.7 Å². The van der Waals surface area contributed by atoms with E-state index in [4.69, 9.17) is 5.10 Å². The molecule has 1 aliphatic carbocycles. The van der Waals surface area contributed by atoms with Crippen molar-refractivity contribution in [3.8, 4) is 5.69 Å². The molecule has 42 heavy (non-hydrogen) atoms. The first-order valence-corrected chi connectivity index (χ1v) is 15.6. The summed E-state index contributed by atoms with van der Waals surface area (Å²) in [5.41, 5.74) is 4.18. The van der Waals surface area contributed by atoms with E-state index in [1.807, 2.05) is 55.5 Å². The van der Waals surface area contributed by atoms with Crippen LogP contribution in [0.2, 0.25) is 0 Å². The highest BCUT2D eigenvalue weighted by Gasteiger charge is 2.42. The molecule has 2 heterocycles. The lowest BCUT2D eigenvalue weighted by Crippen LogP contribution is -2.40. The Morgan fingerprint density at radius 1 is 0.976 bits per heavy atom. The number of hydrogen-bond donors (Lipinski definition) is 3. The molecule has 3 aromatic rings. The number of hydrogen-bond acceptors (Lipinski definition) is 4. The van der Waals surface area contributed by atoms with Crippen LogP contribution in [0.1, 0.15) is 95.4 Å². The van der Waals surface area contributed by atoms with Gasteiger partial charge in [-0.2, -0.15) is 5.10 Å². The molecule has 0 bridgehead atoms. The molecule has 1 aromatic heterocycles. The Morgan fingerprint density at radius 3 is 2.33 bits per heavy atom. The highest BCUT2D eigenvalue weighted by molar-refractivity contribution is 5.99. The minimum atomic E-state index is -0.343. The van der Waals surface area contributed by atoms with E-state index in [0.717, 1.165) is 74.1 Å². The third-order valence-corrected chi connectivity index (χ3v) is 9.19. The number of ketones is 1. The Balaban J connectivity index is 1.39. The monoisotopic (exact) mass is 569 g/mol. The van der Waals surface area contributed by atoms with Gasteiger partial charge in [-0.3, -0.25) is 10.1 Å². The molecule has 2 amide bonds. The zero-order valence-electron chi connectivity index (χ0n) is 25.9. The Morgan fingerprint density at radius 2 is 1.67 bits per heavy atom. The predicted octanol–water partition coefficient (Wildman–Crippen LogP) is 7.74. The van der Waals surface area contributed by atoms with Crippen LogP contribution in [0.4, 0.5) is 16.3 Å². The summed E-state index contributed by atoms with van der Waals surface area (Å²) >= 11 is 0. The van der Waals surface area contributed by atoms with Crippen molar-refractivity contribution in [2.45, 2.75) is 90.9 Å². The number of Topliss-reactive ketones (excluding diaryl/α,β-unsaturated/α-hetero) is 1. The van der Waals surface area contributed by atoms with Gasteiger partial charge in [0.2, 0.25) is 0 Å². The maximum absolute atomic E-state index is 14.2. The van der Waals surface area contributed by atoms with E-state index in [1.54, 1.807) is 4.68 Å². The third-order valence-electron chi connectivity index (χ3n) is 9.19. The number of aryl methyl sites for hydroxylation is 1. The molecule has 2 fully saturated rings. The number of urea groups is 1. The van der Waals surface area contributed by atoms with E-state index in [0.29, 0.717) is 23.2 Å². The highest BCUT2D eigenvalue weighted by atomic mass is 16.2. The predicted molar refractivity (Wildman–Crippen MR) is 171 cm³/mol. The van der Waals surface area contributed by atoms with E-state index >= 15 is 0 Å². The van der Waals surface area contributed by atoms with Crippen molar-refractivity contribution in [1.29, 1.82) is 0 Å². The van der Waals surface area contributed by atoms with Crippen LogP contribution in [0.5, 0.6) is 0 Å². The van der Waals surface area contributed by atoms with Crippen molar-refractivity contribution >= 4 is 23.3 Å². The Bertz CT molecular complexity index is 1390. The van der Waals surface area contributed by atoms with Crippen LogP contribution >= 0.6 is 0 Å². The van der Waals surface area contributed by atoms with E-state index in [-0.39, 0.29) is 22.8 Å². The number of benzene rings is 2. The van der Waals surface area contributed by atoms with Crippen LogP contribution in [-0.2, 0) is 10.2 Å². The fraction of sp³-hybridized carbons (Fsp3) is 0.514. The SMILES string of the molecule is Cc1ccc(-n2nc(C(C)(C)C)cc2NC(=O)Nc2cccc(C(C(=O)C3(C)CCCCC3)C3CCNCC3)c2)cc1. The molecule has 0 spiro atoms. The van der Waals surface area contributed by atoms with Crippen LogP contribution in [0.15, 0.2) is 54.6 Å². The summed E-state index contributed by atoms with van der Waals surface area (Å²) in [6.07, 6.45) is 7.39.